The Morgan fingerprint density at radius 1 is 1.04 bits per heavy atom. The summed E-state index contributed by atoms with van der Waals surface area (Å²) in [6.07, 6.45) is 0. The number of benzene rings is 2. The van der Waals surface area contributed by atoms with Crippen LogP contribution in [0, 0.1) is 5.82 Å². The Bertz CT molecular complexity index is 954. The third kappa shape index (κ3) is 5.15. The average Bonchev–Trinajstić information content (AvgIpc) is 3.11. The van der Waals surface area contributed by atoms with E-state index in [9.17, 15) is 14.0 Å². The number of carbonyl (C=O) groups is 2. The highest BCUT2D eigenvalue weighted by Gasteiger charge is 2.11. The van der Waals surface area contributed by atoms with Gasteiger partial charge in [0.05, 0.1) is 4.88 Å². The highest BCUT2D eigenvalue weighted by atomic mass is 32.1. The van der Waals surface area contributed by atoms with Crippen LogP contribution in [0.1, 0.15) is 22.2 Å². The standard InChI is InChI=1S/C20H17FN2O3S/c1-13(24)22-15-6-8-16(9-7-15)23-20(25)19-10-14(12-27-19)11-26-18-5-3-2-4-17(18)21/h2-10,12H,11H2,1H3,(H,22,24)(H,23,25). The second-order valence-electron chi connectivity index (χ2n) is 5.75. The molecule has 7 heteroatoms. The fourth-order valence-electron chi connectivity index (χ4n) is 2.33. The molecule has 3 rings (SSSR count). The zero-order valence-corrected chi connectivity index (χ0v) is 15.3. The van der Waals surface area contributed by atoms with Gasteiger partial charge in [-0.2, -0.15) is 0 Å². The number of anilines is 2. The molecule has 2 N–H and O–H groups in total. The Labute approximate surface area is 159 Å². The summed E-state index contributed by atoms with van der Waals surface area (Å²) in [6, 6.07) is 14.7. The number of ether oxygens (including phenoxy) is 1. The van der Waals surface area contributed by atoms with Gasteiger partial charge in [0.25, 0.3) is 5.91 Å². The third-order valence-corrected chi connectivity index (χ3v) is 4.55. The van der Waals surface area contributed by atoms with Crippen molar-refractivity contribution in [2.24, 2.45) is 0 Å². The number of hydrogen-bond acceptors (Lipinski definition) is 4. The van der Waals surface area contributed by atoms with Gasteiger partial charge in [-0.15, -0.1) is 11.3 Å². The van der Waals surface area contributed by atoms with Crippen LogP contribution in [0.15, 0.2) is 60.0 Å². The van der Waals surface area contributed by atoms with Crippen molar-refractivity contribution in [3.8, 4) is 5.75 Å². The van der Waals surface area contributed by atoms with E-state index in [0.29, 0.717) is 16.3 Å². The van der Waals surface area contributed by atoms with Crippen LogP contribution in [0.3, 0.4) is 0 Å². The van der Waals surface area contributed by atoms with E-state index in [0.717, 1.165) is 5.56 Å². The van der Waals surface area contributed by atoms with Gasteiger partial charge in [0.15, 0.2) is 11.6 Å². The van der Waals surface area contributed by atoms with Gasteiger partial charge >= 0.3 is 0 Å². The van der Waals surface area contributed by atoms with Gasteiger partial charge in [0.1, 0.15) is 6.61 Å². The van der Waals surface area contributed by atoms with Crippen LogP contribution in [0.2, 0.25) is 0 Å². The molecule has 0 radical (unpaired) electrons. The quantitative estimate of drug-likeness (QED) is 0.649. The Morgan fingerprint density at radius 3 is 2.37 bits per heavy atom. The number of rotatable bonds is 6. The molecule has 0 aliphatic rings. The molecule has 1 heterocycles. The molecule has 0 atom stereocenters. The van der Waals surface area contributed by atoms with Crippen molar-refractivity contribution < 1.29 is 18.7 Å². The van der Waals surface area contributed by atoms with Gasteiger partial charge in [0, 0.05) is 23.9 Å². The van der Waals surface area contributed by atoms with Gasteiger partial charge in [-0.1, -0.05) is 12.1 Å². The fourth-order valence-corrected chi connectivity index (χ4v) is 3.12. The summed E-state index contributed by atoms with van der Waals surface area (Å²) in [5.41, 5.74) is 2.06. The van der Waals surface area contributed by atoms with Crippen LogP contribution in [0.4, 0.5) is 15.8 Å². The van der Waals surface area contributed by atoms with Crippen LogP contribution in [0.5, 0.6) is 5.75 Å². The molecule has 5 nitrogen and oxygen atoms in total. The monoisotopic (exact) mass is 384 g/mol. The predicted molar refractivity (Wildman–Crippen MR) is 104 cm³/mol. The molecule has 0 aliphatic carbocycles. The number of carbonyl (C=O) groups excluding carboxylic acids is 2. The summed E-state index contributed by atoms with van der Waals surface area (Å²) in [6.45, 7) is 1.61. The lowest BCUT2D eigenvalue weighted by molar-refractivity contribution is -0.114. The van der Waals surface area contributed by atoms with Crippen molar-refractivity contribution in [2.45, 2.75) is 13.5 Å². The van der Waals surface area contributed by atoms with E-state index in [1.165, 1.54) is 24.3 Å². The smallest absolute Gasteiger partial charge is 0.265 e. The second-order valence-corrected chi connectivity index (χ2v) is 6.66. The summed E-state index contributed by atoms with van der Waals surface area (Å²) < 4.78 is 19.0. The molecule has 0 saturated heterocycles. The molecule has 27 heavy (non-hydrogen) atoms. The predicted octanol–water partition coefficient (Wildman–Crippen LogP) is 4.68. The SMILES string of the molecule is CC(=O)Nc1ccc(NC(=O)c2cc(COc3ccccc3F)cs2)cc1. The maximum absolute atomic E-state index is 13.6. The van der Waals surface area contributed by atoms with Gasteiger partial charge in [-0.25, -0.2) is 4.39 Å². The zero-order valence-electron chi connectivity index (χ0n) is 14.5. The first-order valence-corrected chi connectivity index (χ1v) is 9.03. The molecule has 0 spiro atoms. The number of halogens is 1. The summed E-state index contributed by atoms with van der Waals surface area (Å²) in [5, 5.41) is 7.26. The van der Waals surface area contributed by atoms with Gasteiger partial charge in [-0.3, -0.25) is 9.59 Å². The highest BCUT2D eigenvalue weighted by molar-refractivity contribution is 7.12. The molecule has 0 fully saturated rings. The van der Waals surface area contributed by atoms with Crippen LogP contribution in [0.25, 0.3) is 0 Å². The number of para-hydroxylation sites is 1. The summed E-state index contributed by atoms with van der Waals surface area (Å²) in [5.74, 6) is -0.651. The largest absolute Gasteiger partial charge is 0.486 e. The second kappa shape index (κ2) is 8.46. The first-order valence-electron chi connectivity index (χ1n) is 8.15. The molecule has 2 aromatic carbocycles. The highest BCUT2D eigenvalue weighted by Crippen LogP contribution is 2.21. The van der Waals surface area contributed by atoms with Crippen molar-refractivity contribution >= 4 is 34.5 Å². The average molecular weight is 384 g/mol. The zero-order chi connectivity index (χ0) is 19.2. The topological polar surface area (TPSA) is 67.4 Å². The normalized spacial score (nSPS) is 10.3. The lowest BCUT2D eigenvalue weighted by Crippen LogP contribution is -2.10. The van der Waals surface area contributed by atoms with Crippen molar-refractivity contribution in [2.75, 3.05) is 10.6 Å². The lowest BCUT2D eigenvalue weighted by atomic mass is 10.2. The summed E-state index contributed by atoms with van der Waals surface area (Å²) >= 11 is 1.29. The molecule has 2 amide bonds. The van der Waals surface area contributed by atoms with Crippen LogP contribution < -0.4 is 15.4 Å². The summed E-state index contributed by atoms with van der Waals surface area (Å²) in [4.78, 5) is 23.9. The number of thiophene rings is 1. The summed E-state index contributed by atoms with van der Waals surface area (Å²) in [7, 11) is 0. The third-order valence-electron chi connectivity index (χ3n) is 3.57. The molecular weight excluding hydrogens is 367 g/mol. The first-order chi connectivity index (χ1) is 13.0. The Hall–Kier alpha value is -3.19. The Kier molecular flexibility index (Phi) is 5.83. The van der Waals surface area contributed by atoms with Crippen LogP contribution >= 0.6 is 11.3 Å². The molecule has 1 aromatic heterocycles. The lowest BCUT2D eigenvalue weighted by Gasteiger charge is -2.06. The van der Waals surface area contributed by atoms with E-state index in [4.69, 9.17) is 4.74 Å². The maximum atomic E-state index is 13.6. The van der Waals surface area contributed by atoms with Crippen molar-refractivity contribution in [3.63, 3.8) is 0 Å². The van der Waals surface area contributed by atoms with Gasteiger partial charge in [0.2, 0.25) is 5.91 Å². The minimum Gasteiger partial charge on any atom is -0.486 e. The number of amides is 2. The number of nitrogens with one attached hydrogen (secondary N) is 2. The fraction of sp³-hybridized carbons (Fsp3) is 0.100. The van der Waals surface area contributed by atoms with Gasteiger partial charge < -0.3 is 15.4 Å². The van der Waals surface area contributed by atoms with Gasteiger partial charge in [-0.05, 0) is 47.8 Å². The molecule has 138 valence electrons. The minimum atomic E-state index is -0.423. The van der Waals surface area contributed by atoms with Crippen molar-refractivity contribution in [1.29, 1.82) is 0 Å². The van der Waals surface area contributed by atoms with Crippen molar-refractivity contribution in [3.05, 3.63) is 76.2 Å². The Morgan fingerprint density at radius 2 is 1.70 bits per heavy atom. The molecule has 0 unspecified atom stereocenters. The maximum Gasteiger partial charge on any atom is 0.265 e. The van der Waals surface area contributed by atoms with E-state index in [-0.39, 0.29) is 24.2 Å². The molecule has 3 aromatic rings. The van der Waals surface area contributed by atoms with E-state index >= 15 is 0 Å². The number of hydrogen-bond donors (Lipinski definition) is 2. The van der Waals surface area contributed by atoms with E-state index in [2.05, 4.69) is 10.6 Å². The van der Waals surface area contributed by atoms with E-state index in [1.54, 1.807) is 53.9 Å². The Balaban J connectivity index is 1.58. The van der Waals surface area contributed by atoms with Crippen molar-refractivity contribution in [1.82, 2.24) is 0 Å². The van der Waals surface area contributed by atoms with Crippen LogP contribution in [-0.4, -0.2) is 11.8 Å². The molecule has 0 aliphatic heterocycles. The van der Waals surface area contributed by atoms with E-state index in [1.807, 2.05) is 0 Å². The minimum absolute atomic E-state index is 0.157. The molecular formula is C20H17FN2O3S. The first kappa shape index (κ1) is 18.6. The molecule has 0 saturated carbocycles. The van der Waals surface area contributed by atoms with E-state index < -0.39 is 5.82 Å². The van der Waals surface area contributed by atoms with Crippen LogP contribution in [-0.2, 0) is 11.4 Å². The molecule has 0 bridgehead atoms.